The smallest absolute Gasteiger partial charge is 0.165 e. The van der Waals surface area contributed by atoms with E-state index < -0.39 is 5.82 Å². The minimum atomic E-state index is -0.429. The van der Waals surface area contributed by atoms with Crippen molar-refractivity contribution < 1.29 is 14.3 Å². The van der Waals surface area contributed by atoms with Crippen molar-refractivity contribution in [2.75, 3.05) is 12.1 Å². The highest BCUT2D eigenvalue weighted by Crippen LogP contribution is 2.28. The summed E-state index contributed by atoms with van der Waals surface area (Å²) in [7, 11) is 1.49. The Morgan fingerprint density at radius 2 is 2.05 bits per heavy atom. The lowest BCUT2D eigenvalue weighted by atomic mass is 10.2. The van der Waals surface area contributed by atoms with Crippen LogP contribution in [0.2, 0.25) is 5.02 Å². The van der Waals surface area contributed by atoms with Crippen LogP contribution in [0, 0.1) is 12.7 Å². The number of hydrogen-bond donors (Lipinski definition) is 1. The molecule has 0 bridgehead atoms. The van der Waals surface area contributed by atoms with E-state index in [0.717, 1.165) is 10.6 Å². The molecule has 0 spiro atoms. The number of rotatable bonds is 4. The standard InChI is InChI=1S/C15H15ClFNO2/c1-10-6-7-13(17)15(8-10)20-9-11-12(16)4-3-5-14(11)18(2)19/h3-8,19H,9H2,1-2H3. The van der Waals surface area contributed by atoms with E-state index in [1.54, 1.807) is 30.3 Å². The maximum Gasteiger partial charge on any atom is 0.165 e. The molecule has 0 fully saturated rings. The Balaban J connectivity index is 2.25. The molecule has 0 aliphatic carbocycles. The zero-order valence-corrected chi connectivity index (χ0v) is 12.0. The van der Waals surface area contributed by atoms with Crippen LogP contribution in [-0.2, 0) is 6.61 Å². The molecule has 0 heterocycles. The van der Waals surface area contributed by atoms with E-state index in [2.05, 4.69) is 0 Å². The van der Waals surface area contributed by atoms with Gasteiger partial charge in [0, 0.05) is 17.6 Å². The van der Waals surface area contributed by atoms with Crippen LogP contribution in [0.15, 0.2) is 36.4 Å². The van der Waals surface area contributed by atoms with Crippen molar-refractivity contribution in [2.45, 2.75) is 13.5 Å². The molecule has 106 valence electrons. The van der Waals surface area contributed by atoms with Crippen molar-refractivity contribution in [3.05, 3.63) is 58.4 Å². The van der Waals surface area contributed by atoms with Gasteiger partial charge in [-0.25, -0.2) is 4.39 Å². The first-order valence-electron chi connectivity index (χ1n) is 6.08. The lowest BCUT2D eigenvalue weighted by Crippen LogP contribution is -2.13. The molecule has 2 aromatic carbocycles. The summed E-state index contributed by atoms with van der Waals surface area (Å²) in [5.74, 6) is -0.266. The third-order valence-electron chi connectivity index (χ3n) is 2.90. The zero-order chi connectivity index (χ0) is 14.7. The summed E-state index contributed by atoms with van der Waals surface area (Å²) in [5.41, 5.74) is 2.02. The van der Waals surface area contributed by atoms with Crippen LogP contribution in [-0.4, -0.2) is 12.3 Å². The van der Waals surface area contributed by atoms with E-state index in [1.165, 1.54) is 13.1 Å². The molecule has 0 radical (unpaired) electrons. The largest absolute Gasteiger partial charge is 0.486 e. The SMILES string of the molecule is Cc1ccc(F)c(OCc2c(Cl)cccc2N(C)O)c1. The van der Waals surface area contributed by atoms with Gasteiger partial charge >= 0.3 is 0 Å². The van der Waals surface area contributed by atoms with E-state index in [-0.39, 0.29) is 12.4 Å². The van der Waals surface area contributed by atoms with Crippen molar-refractivity contribution in [1.29, 1.82) is 0 Å². The Morgan fingerprint density at radius 1 is 1.30 bits per heavy atom. The van der Waals surface area contributed by atoms with E-state index in [4.69, 9.17) is 16.3 Å². The lowest BCUT2D eigenvalue weighted by molar-refractivity contribution is 0.267. The summed E-state index contributed by atoms with van der Waals surface area (Å²) >= 11 is 6.10. The highest BCUT2D eigenvalue weighted by molar-refractivity contribution is 6.31. The van der Waals surface area contributed by atoms with E-state index in [1.807, 2.05) is 6.92 Å². The van der Waals surface area contributed by atoms with Gasteiger partial charge in [-0.15, -0.1) is 0 Å². The van der Waals surface area contributed by atoms with Crippen LogP contribution >= 0.6 is 11.6 Å². The van der Waals surface area contributed by atoms with Crippen molar-refractivity contribution in [1.82, 2.24) is 0 Å². The van der Waals surface area contributed by atoms with Gasteiger partial charge in [-0.05, 0) is 36.8 Å². The van der Waals surface area contributed by atoms with E-state index in [0.29, 0.717) is 16.3 Å². The fraction of sp³-hybridized carbons (Fsp3) is 0.200. The monoisotopic (exact) mass is 295 g/mol. The van der Waals surface area contributed by atoms with E-state index >= 15 is 0 Å². The summed E-state index contributed by atoms with van der Waals surface area (Å²) in [6, 6.07) is 9.77. The minimum absolute atomic E-state index is 0.0697. The predicted octanol–water partition coefficient (Wildman–Crippen LogP) is 4.19. The van der Waals surface area contributed by atoms with Gasteiger partial charge in [0.2, 0.25) is 0 Å². The molecule has 1 N–H and O–H groups in total. The normalized spacial score (nSPS) is 10.4. The number of anilines is 1. The lowest BCUT2D eigenvalue weighted by Gasteiger charge is -2.17. The minimum Gasteiger partial charge on any atom is -0.486 e. The molecule has 2 aromatic rings. The molecule has 0 aromatic heterocycles. The summed E-state index contributed by atoms with van der Waals surface area (Å²) in [5, 5.41) is 11.0. The molecule has 0 amide bonds. The molecule has 20 heavy (non-hydrogen) atoms. The van der Waals surface area contributed by atoms with Crippen molar-refractivity contribution >= 4 is 17.3 Å². The number of halogens is 2. The van der Waals surface area contributed by atoms with Crippen LogP contribution in [0.4, 0.5) is 10.1 Å². The number of nitrogens with zero attached hydrogens (tertiary/aromatic N) is 1. The summed E-state index contributed by atoms with van der Waals surface area (Å²) in [4.78, 5) is 0. The Labute approximate surface area is 122 Å². The first kappa shape index (κ1) is 14.6. The maximum absolute atomic E-state index is 13.6. The highest BCUT2D eigenvalue weighted by Gasteiger charge is 2.12. The number of hydroxylamine groups is 1. The van der Waals surface area contributed by atoms with Crippen LogP contribution in [0.3, 0.4) is 0 Å². The number of hydrogen-bond acceptors (Lipinski definition) is 3. The van der Waals surface area contributed by atoms with Gasteiger partial charge < -0.3 is 4.74 Å². The summed E-state index contributed by atoms with van der Waals surface area (Å²) in [6.45, 7) is 1.93. The zero-order valence-electron chi connectivity index (χ0n) is 11.2. The molecule has 0 atom stereocenters. The fourth-order valence-electron chi connectivity index (χ4n) is 1.86. The van der Waals surface area contributed by atoms with Gasteiger partial charge in [-0.1, -0.05) is 23.7 Å². The van der Waals surface area contributed by atoms with Crippen LogP contribution in [0.25, 0.3) is 0 Å². The van der Waals surface area contributed by atoms with Gasteiger partial charge in [0.05, 0.1) is 5.69 Å². The van der Waals surface area contributed by atoms with Crippen molar-refractivity contribution in [3.8, 4) is 5.75 Å². The Morgan fingerprint density at radius 3 is 2.75 bits per heavy atom. The highest BCUT2D eigenvalue weighted by atomic mass is 35.5. The van der Waals surface area contributed by atoms with Crippen LogP contribution in [0.1, 0.15) is 11.1 Å². The summed E-state index contributed by atoms with van der Waals surface area (Å²) < 4.78 is 19.1. The predicted molar refractivity (Wildman–Crippen MR) is 77.1 cm³/mol. The molecule has 0 aliphatic heterocycles. The Bertz CT molecular complexity index is 617. The molecule has 5 heteroatoms. The molecule has 0 saturated carbocycles. The maximum atomic E-state index is 13.6. The van der Waals surface area contributed by atoms with Crippen LogP contribution < -0.4 is 9.80 Å². The molecule has 3 nitrogen and oxygen atoms in total. The molecular weight excluding hydrogens is 281 g/mol. The molecule has 0 aliphatic rings. The summed E-state index contributed by atoms with van der Waals surface area (Å²) in [6.07, 6.45) is 0. The van der Waals surface area contributed by atoms with Gasteiger partial charge in [-0.3, -0.25) is 10.3 Å². The quantitative estimate of drug-likeness (QED) is 0.858. The average Bonchev–Trinajstić information content (AvgIpc) is 2.40. The van der Waals surface area contributed by atoms with Gasteiger partial charge in [0.15, 0.2) is 11.6 Å². The number of benzene rings is 2. The molecule has 2 rings (SSSR count). The second-order valence-electron chi connectivity index (χ2n) is 4.48. The average molecular weight is 296 g/mol. The van der Waals surface area contributed by atoms with Crippen LogP contribution in [0.5, 0.6) is 5.75 Å². The first-order chi connectivity index (χ1) is 9.49. The first-order valence-corrected chi connectivity index (χ1v) is 6.46. The van der Waals surface area contributed by atoms with Gasteiger partial charge in [0.1, 0.15) is 6.61 Å². The van der Waals surface area contributed by atoms with E-state index in [9.17, 15) is 9.60 Å². The molecule has 0 saturated heterocycles. The van der Waals surface area contributed by atoms with Gasteiger partial charge in [-0.2, -0.15) is 0 Å². The van der Waals surface area contributed by atoms with Crippen molar-refractivity contribution in [2.24, 2.45) is 0 Å². The third kappa shape index (κ3) is 3.21. The van der Waals surface area contributed by atoms with Gasteiger partial charge in [0.25, 0.3) is 0 Å². The topological polar surface area (TPSA) is 32.7 Å². The Hall–Kier alpha value is -1.78. The van der Waals surface area contributed by atoms with Crippen molar-refractivity contribution in [3.63, 3.8) is 0 Å². The Kier molecular flexibility index (Phi) is 4.47. The number of ether oxygens (including phenoxy) is 1. The second kappa shape index (κ2) is 6.11. The number of aryl methyl sites for hydroxylation is 1. The molecular formula is C15H15ClFNO2. The fourth-order valence-corrected chi connectivity index (χ4v) is 2.09. The third-order valence-corrected chi connectivity index (χ3v) is 3.26. The second-order valence-corrected chi connectivity index (χ2v) is 4.89. The molecule has 0 unspecified atom stereocenters.